The number of aryl methyl sites for hydroxylation is 1. The van der Waals surface area contributed by atoms with Crippen LogP contribution in [0.15, 0.2) is 47.4 Å². The number of rotatable bonds is 9. The van der Waals surface area contributed by atoms with Crippen molar-refractivity contribution in [1.29, 1.82) is 0 Å². The molecule has 1 N–H and O–H groups in total. The number of hydrogen-bond acceptors (Lipinski definition) is 5. The van der Waals surface area contributed by atoms with Gasteiger partial charge in [0.25, 0.3) is 5.91 Å². The molecule has 0 radical (unpaired) electrons. The van der Waals surface area contributed by atoms with Gasteiger partial charge in [-0.1, -0.05) is 26.0 Å². The topological polar surface area (TPSA) is 73.0 Å². The second-order valence-electron chi connectivity index (χ2n) is 10.0. The molecule has 7 nitrogen and oxygen atoms in total. The number of carbonyl (C=O) groups is 1. The second-order valence-corrected chi connectivity index (χ2v) is 12.0. The molecule has 0 aromatic heterocycles. The van der Waals surface area contributed by atoms with Gasteiger partial charge in [0.1, 0.15) is 0 Å². The number of fused-ring (bicyclic) bond motifs is 1. The van der Waals surface area contributed by atoms with E-state index in [2.05, 4.69) is 40.4 Å². The largest absolute Gasteiger partial charge is 0.369 e. The van der Waals surface area contributed by atoms with Crippen molar-refractivity contribution in [3.05, 3.63) is 59.2 Å². The minimum Gasteiger partial charge on any atom is -0.369 e. The van der Waals surface area contributed by atoms with Crippen LogP contribution >= 0.6 is 0 Å². The highest BCUT2D eigenvalue weighted by molar-refractivity contribution is 7.89. The Hall–Kier alpha value is -2.42. The number of carbonyl (C=O) groups excluding carboxylic acids is 1. The number of piperazine rings is 1. The van der Waals surface area contributed by atoms with Crippen LogP contribution in [0.5, 0.6) is 0 Å². The average molecular weight is 513 g/mol. The molecular formula is C28H40N4O3S. The molecule has 8 heteroatoms. The number of benzene rings is 2. The Morgan fingerprint density at radius 1 is 1.00 bits per heavy atom. The van der Waals surface area contributed by atoms with E-state index in [0.717, 1.165) is 58.3 Å². The molecule has 2 aromatic rings. The standard InChI is InChI=1S/C28H40N4O3S/c1-4-15-32(16-5-2)36(34,35)25-13-10-23(11-14-25)28(33)29-24-12-9-22-7-6-8-27(26(22)21-24)31-19-17-30(3)18-20-31/h6-8,10-11,13-14,24H,4-5,9,12,15-21H2,1-3H3,(H,29,33)/t24-/m1/s1. The number of nitrogens with one attached hydrogen (secondary N) is 1. The van der Waals surface area contributed by atoms with Gasteiger partial charge in [-0.3, -0.25) is 4.79 Å². The maximum absolute atomic E-state index is 13.1. The third-order valence-electron chi connectivity index (χ3n) is 7.34. The molecule has 0 spiro atoms. The fourth-order valence-corrected chi connectivity index (χ4v) is 6.91. The number of anilines is 1. The van der Waals surface area contributed by atoms with E-state index in [-0.39, 0.29) is 16.8 Å². The summed E-state index contributed by atoms with van der Waals surface area (Å²) in [4.78, 5) is 18.1. The average Bonchev–Trinajstić information content (AvgIpc) is 2.89. The van der Waals surface area contributed by atoms with Crippen molar-refractivity contribution in [3.8, 4) is 0 Å². The van der Waals surface area contributed by atoms with E-state index in [1.54, 1.807) is 24.3 Å². The van der Waals surface area contributed by atoms with Gasteiger partial charge < -0.3 is 15.1 Å². The minimum atomic E-state index is -3.55. The van der Waals surface area contributed by atoms with E-state index in [0.29, 0.717) is 18.7 Å². The van der Waals surface area contributed by atoms with Gasteiger partial charge in [0.15, 0.2) is 0 Å². The molecule has 1 aliphatic heterocycles. The van der Waals surface area contributed by atoms with E-state index in [1.165, 1.54) is 21.1 Å². The molecule has 1 amide bonds. The maximum Gasteiger partial charge on any atom is 0.251 e. The van der Waals surface area contributed by atoms with Gasteiger partial charge in [-0.25, -0.2) is 8.42 Å². The Morgan fingerprint density at radius 3 is 2.31 bits per heavy atom. The second kappa shape index (κ2) is 11.8. The summed E-state index contributed by atoms with van der Waals surface area (Å²) in [5, 5.41) is 3.21. The van der Waals surface area contributed by atoms with Gasteiger partial charge in [-0.2, -0.15) is 4.31 Å². The first-order valence-electron chi connectivity index (χ1n) is 13.3. The Labute approximate surface area is 216 Å². The summed E-state index contributed by atoms with van der Waals surface area (Å²) >= 11 is 0. The monoisotopic (exact) mass is 512 g/mol. The molecule has 2 aliphatic rings. The van der Waals surface area contributed by atoms with E-state index in [9.17, 15) is 13.2 Å². The summed E-state index contributed by atoms with van der Waals surface area (Å²) in [5.74, 6) is -0.150. The quantitative estimate of drug-likeness (QED) is 0.557. The van der Waals surface area contributed by atoms with Crippen molar-refractivity contribution >= 4 is 21.6 Å². The van der Waals surface area contributed by atoms with Crippen LogP contribution in [0.3, 0.4) is 0 Å². The predicted octanol–water partition coefficient (Wildman–Crippen LogP) is 3.54. The molecule has 1 saturated heterocycles. The Morgan fingerprint density at radius 2 is 1.67 bits per heavy atom. The first-order chi connectivity index (χ1) is 17.3. The van der Waals surface area contributed by atoms with E-state index in [4.69, 9.17) is 0 Å². The molecule has 2 aromatic carbocycles. The smallest absolute Gasteiger partial charge is 0.251 e. The minimum absolute atomic E-state index is 0.0617. The zero-order valence-electron chi connectivity index (χ0n) is 21.9. The van der Waals surface area contributed by atoms with Gasteiger partial charge in [0.2, 0.25) is 10.0 Å². The Kier molecular flexibility index (Phi) is 8.70. The third-order valence-corrected chi connectivity index (χ3v) is 9.25. The predicted molar refractivity (Wildman–Crippen MR) is 145 cm³/mol. The lowest BCUT2D eigenvalue weighted by Crippen LogP contribution is -2.45. The van der Waals surface area contributed by atoms with Crippen molar-refractivity contribution in [2.24, 2.45) is 0 Å². The van der Waals surface area contributed by atoms with E-state index < -0.39 is 10.0 Å². The van der Waals surface area contributed by atoms with Crippen molar-refractivity contribution in [2.45, 2.75) is 56.9 Å². The molecule has 0 bridgehead atoms. The molecule has 196 valence electrons. The Balaban J connectivity index is 1.43. The molecule has 1 fully saturated rings. The van der Waals surface area contributed by atoms with Gasteiger partial charge in [0, 0.05) is 56.6 Å². The fraction of sp³-hybridized carbons (Fsp3) is 0.536. The maximum atomic E-state index is 13.1. The van der Waals surface area contributed by atoms with Gasteiger partial charge in [0.05, 0.1) is 4.90 Å². The summed E-state index contributed by atoms with van der Waals surface area (Å²) in [7, 11) is -1.39. The summed E-state index contributed by atoms with van der Waals surface area (Å²) in [6.45, 7) is 9.11. The lowest BCUT2D eigenvalue weighted by atomic mass is 9.86. The van der Waals surface area contributed by atoms with Crippen LogP contribution in [0.25, 0.3) is 0 Å². The normalized spacial score (nSPS) is 18.8. The van der Waals surface area contributed by atoms with Crippen molar-refractivity contribution in [1.82, 2.24) is 14.5 Å². The van der Waals surface area contributed by atoms with E-state index in [1.807, 2.05) is 13.8 Å². The van der Waals surface area contributed by atoms with Crippen LogP contribution in [-0.4, -0.2) is 75.9 Å². The summed E-state index contributed by atoms with van der Waals surface area (Å²) in [6, 6.07) is 13.0. The first kappa shape index (κ1) is 26.6. The lowest BCUT2D eigenvalue weighted by molar-refractivity contribution is 0.0933. The highest BCUT2D eigenvalue weighted by Crippen LogP contribution is 2.31. The number of nitrogens with zero attached hydrogens (tertiary/aromatic N) is 3. The van der Waals surface area contributed by atoms with Crippen LogP contribution in [0.2, 0.25) is 0 Å². The molecule has 1 aliphatic carbocycles. The lowest BCUT2D eigenvalue weighted by Gasteiger charge is -2.37. The van der Waals surface area contributed by atoms with Crippen LogP contribution in [0, 0.1) is 0 Å². The molecule has 1 heterocycles. The zero-order valence-corrected chi connectivity index (χ0v) is 22.7. The van der Waals surface area contributed by atoms with Gasteiger partial charge in [-0.05, 0) is 80.6 Å². The number of sulfonamides is 1. The number of amides is 1. The van der Waals surface area contributed by atoms with Crippen LogP contribution in [-0.2, 0) is 22.9 Å². The molecule has 0 unspecified atom stereocenters. The Bertz CT molecular complexity index is 1140. The summed E-state index contributed by atoms with van der Waals surface area (Å²) < 4.78 is 27.6. The third kappa shape index (κ3) is 5.93. The summed E-state index contributed by atoms with van der Waals surface area (Å²) in [5.41, 5.74) is 4.53. The fourth-order valence-electron chi connectivity index (χ4n) is 5.28. The van der Waals surface area contributed by atoms with Crippen molar-refractivity contribution in [2.75, 3.05) is 51.2 Å². The van der Waals surface area contributed by atoms with Gasteiger partial charge in [-0.15, -0.1) is 0 Å². The first-order valence-corrected chi connectivity index (χ1v) is 14.7. The van der Waals surface area contributed by atoms with E-state index >= 15 is 0 Å². The SMILES string of the molecule is CCCN(CCC)S(=O)(=O)c1ccc(C(=O)N[C@@H]2CCc3cccc(N4CCN(C)CC4)c3C2)cc1. The van der Waals surface area contributed by atoms with Crippen LogP contribution in [0.4, 0.5) is 5.69 Å². The van der Waals surface area contributed by atoms with Crippen molar-refractivity contribution in [3.63, 3.8) is 0 Å². The molecule has 1 atom stereocenters. The van der Waals surface area contributed by atoms with Gasteiger partial charge >= 0.3 is 0 Å². The molecular weight excluding hydrogens is 472 g/mol. The zero-order chi connectivity index (χ0) is 25.7. The van der Waals surface area contributed by atoms with Crippen LogP contribution in [0.1, 0.15) is 54.6 Å². The van der Waals surface area contributed by atoms with Crippen molar-refractivity contribution < 1.29 is 13.2 Å². The molecule has 36 heavy (non-hydrogen) atoms. The number of hydrogen-bond donors (Lipinski definition) is 1. The summed E-state index contributed by atoms with van der Waals surface area (Å²) in [6.07, 6.45) is 4.20. The highest BCUT2D eigenvalue weighted by atomic mass is 32.2. The van der Waals surface area contributed by atoms with Crippen LogP contribution < -0.4 is 10.2 Å². The molecule has 4 rings (SSSR count). The highest BCUT2D eigenvalue weighted by Gasteiger charge is 2.27. The number of likely N-dealkylation sites (N-methyl/N-ethyl adjacent to an activating group) is 1. The molecule has 0 saturated carbocycles.